The predicted molar refractivity (Wildman–Crippen MR) is 215 cm³/mol. The molecule has 0 saturated carbocycles. The minimum Gasteiger partial charge on any atom is -0.372 e. The molecule has 0 amide bonds. The third-order valence-electron chi connectivity index (χ3n) is 10.3. The zero-order valence-electron chi connectivity index (χ0n) is 32.0. The highest BCUT2D eigenvalue weighted by Gasteiger charge is 2.10. The van der Waals surface area contributed by atoms with Crippen molar-refractivity contribution in [2.45, 2.75) is 233 Å². The van der Waals surface area contributed by atoms with E-state index in [4.69, 9.17) is 0 Å². The Morgan fingerprint density at radius 1 is 0.370 bits per heavy atom. The fourth-order valence-corrected chi connectivity index (χ4v) is 7.41. The molecule has 0 aliphatic carbocycles. The van der Waals surface area contributed by atoms with Gasteiger partial charge in [0.1, 0.15) is 0 Å². The van der Waals surface area contributed by atoms with Gasteiger partial charge in [-0.1, -0.05) is 222 Å². The first-order chi connectivity index (χ1) is 22.6. The Morgan fingerprint density at radius 3 is 0.826 bits per heavy atom. The smallest absolute Gasteiger partial charge is 0.0372 e. The van der Waals surface area contributed by atoms with Crippen LogP contribution in [-0.2, 0) is 0 Å². The minimum atomic E-state index is 1.22. The molecular formula is C44H82BrN. The summed E-state index contributed by atoms with van der Waals surface area (Å²) in [5.74, 6) is 0. The van der Waals surface area contributed by atoms with Crippen LogP contribution in [0.2, 0.25) is 0 Å². The normalized spacial score (nSPS) is 11.5. The molecule has 0 fully saturated rings. The number of rotatable bonds is 35. The number of nitrogens with zero attached hydrogens (tertiary/aromatic N) is 1. The van der Waals surface area contributed by atoms with Crippen molar-refractivity contribution in [2.75, 3.05) is 18.0 Å². The SMILES string of the molecule is CCCCCCCCCCCCCCCCCCN(CCCCCCCCCCCCCCCCCC)c1cc(C)c(Br)c(C)c1. The number of halogens is 1. The standard InChI is InChI=1S/C44H82BrN/c1-5-7-9-11-13-15-17-19-21-23-25-27-29-31-33-35-37-46(43-39-41(3)44(45)42(4)40-43)38-36-34-32-30-28-26-24-22-20-18-16-14-12-10-8-6-2/h39-40H,5-38H2,1-4H3. The molecule has 0 bridgehead atoms. The Kier molecular flexibility index (Phi) is 31.2. The van der Waals surface area contributed by atoms with Gasteiger partial charge in [0.15, 0.2) is 0 Å². The lowest BCUT2D eigenvalue weighted by Crippen LogP contribution is -2.26. The van der Waals surface area contributed by atoms with Gasteiger partial charge in [-0.15, -0.1) is 0 Å². The number of unbranched alkanes of at least 4 members (excludes halogenated alkanes) is 30. The molecule has 0 aliphatic heterocycles. The monoisotopic (exact) mass is 704 g/mol. The molecule has 0 unspecified atom stereocenters. The number of anilines is 1. The van der Waals surface area contributed by atoms with E-state index in [0.29, 0.717) is 0 Å². The third kappa shape index (κ3) is 25.5. The summed E-state index contributed by atoms with van der Waals surface area (Å²) < 4.78 is 1.28. The van der Waals surface area contributed by atoms with Crippen LogP contribution >= 0.6 is 15.9 Å². The molecule has 0 saturated heterocycles. The van der Waals surface area contributed by atoms with E-state index in [1.807, 2.05) is 0 Å². The van der Waals surface area contributed by atoms with Crippen LogP contribution in [0.3, 0.4) is 0 Å². The summed E-state index contributed by atoms with van der Waals surface area (Å²) >= 11 is 3.79. The van der Waals surface area contributed by atoms with E-state index in [9.17, 15) is 0 Å². The summed E-state index contributed by atoms with van der Waals surface area (Å²) in [6, 6.07) is 4.83. The predicted octanol–water partition coefficient (Wildman–Crippen LogP) is 16.4. The molecule has 2 heteroatoms. The number of hydrogen-bond donors (Lipinski definition) is 0. The molecule has 1 aromatic rings. The van der Waals surface area contributed by atoms with Crippen LogP contribution in [0.15, 0.2) is 16.6 Å². The molecule has 0 spiro atoms. The highest BCUT2D eigenvalue weighted by Crippen LogP contribution is 2.28. The maximum Gasteiger partial charge on any atom is 0.0372 e. The molecule has 0 heterocycles. The molecule has 0 radical (unpaired) electrons. The fraction of sp³-hybridized carbons (Fsp3) is 0.864. The van der Waals surface area contributed by atoms with Gasteiger partial charge in [-0.25, -0.2) is 0 Å². The third-order valence-corrected chi connectivity index (χ3v) is 11.6. The van der Waals surface area contributed by atoms with Gasteiger partial charge in [0.05, 0.1) is 0 Å². The van der Waals surface area contributed by atoms with Gasteiger partial charge >= 0.3 is 0 Å². The average Bonchev–Trinajstić information content (AvgIpc) is 3.05. The Hall–Kier alpha value is -0.500. The van der Waals surface area contributed by atoms with Gasteiger partial charge in [-0.3, -0.25) is 0 Å². The topological polar surface area (TPSA) is 3.24 Å². The average molecular weight is 705 g/mol. The lowest BCUT2D eigenvalue weighted by molar-refractivity contribution is 0.524. The van der Waals surface area contributed by atoms with Crippen molar-refractivity contribution in [3.05, 3.63) is 27.7 Å². The van der Waals surface area contributed by atoms with Gasteiger partial charge in [-0.2, -0.15) is 0 Å². The van der Waals surface area contributed by atoms with Crippen molar-refractivity contribution >= 4 is 21.6 Å². The Labute approximate surface area is 299 Å². The Bertz CT molecular complexity index is 714. The fourth-order valence-electron chi connectivity index (χ4n) is 7.18. The summed E-state index contributed by atoms with van der Waals surface area (Å²) in [4.78, 5) is 2.71. The molecule has 270 valence electrons. The van der Waals surface area contributed by atoms with E-state index < -0.39 is 0 Å². The molecule has 1 rings (SSSR count). The highest BCUT2D eigenvalue weighted by molar-refractivity contribution is 9.10. The van der Waals surface area contributed by atoms with E-state index in [-0.39, 0.29) is 0 Å². The summed E-state index contributed by atoms with van der Waals surface area (Å²) in [5.41, 5.74) is 4.19. The first-order valence-corrected chi connectivity index (χ1v) is 21.9. The second-order valence-electron chi connectivity index (χ2n) is 15.0. The van der Waals surface area contributed by atoms with E-state index in [0.717, 1.165) is 0 Å². The van der Waals surface area contributed by atoms with E-state index in [1.165, 1.54) is 240 Å². The lowest BCUT2D eigenvalue weighted by Gasteiger charge is -2.26. The van der Waals surface area contributed by atoms with E-state index >= 15 is 0 Å². The highest BCUT2D eigenvalue weighted by atomic mass is 79.9. The van der Waals surface area contributed by atoms with Gasteiger partial charge in [0, 0.05) is 23.2 Å². The van der Waals surface area contributed by atoms with Crippen LogP contribution in [0.1, 0.15) is 230 Å². The summed E-state index contributed by atoms with van der Waals surface area (Å²) in [6.07, 6.45) is 46.1. The number of hydrogen-bond acceptors (Lipinski definition) is 1. The van der Waals surface area contributed by atoms with E-state index in [2.05, 4.69) is 60.7 Å². The molecule has 1 aromatic carbocycles. The van der Waals surface area contributed by atoms with Crippen molar-refractivity contribution in [2.24, 2.45) is 0 Å². The molecule has 1 nitrogen and oxygen atoms in total. The van der Waals surface area contributed by atoms with Crippen molar-refractivity contribution in [1.82, 2.24) is 0 Å². The van der Waals surface area contributed by atoms with Gasteiger partial charge in [0.25, 0.3) is 0 Å². The summed E-state index contributed by atoms with van der Waals surface area (Å²) in [5, 5.41) is 0. The second kappa shape index (κ2) is 33.0. The van der Waals surface area contributed by atoms with Crippen LogP contribution in [0.25, 0.3) is 0 Å². The second-order valence-corrected chi connectivity index (χ2v) is 15.8. The van der Waals surface area contributed by atoms with E-state index in [1.54, 1.807) is 0 Å². The molecule has 46 heavy (non-hydrogen) atoms. The molecular weight excluding hydrogens is 622 g/mol. The number of aryl methyl sites for hydroxylation is 2. The summed E-state index contributed by atoms with van der Waals surface area (Å²) in [7, 11) is 0. The van der Waals surface area contributed by atoms with Crippen LogP contribution in [-0.4, -0.2) is 13.1 Å². The van der Waals surface area contributed by atoms with Crippen molar-refractivity contribution in [3.63, 3.8) is 0 Å². The van der Waals surface area contributed by atoms with Crippen LogP contribution in [0, 0.1) is 13.8 Å². The van der Waals surface area contributed by atoms with Gasteiger partial charge in [0.2, 0.25) is 0 Å². The maximum atomic E-state index is 3.79. The Morgan fingerprint density at radius 2 is 0.587 bits per heavy atom. The van der Waals surface area contributed by atoms with Gasteiger partial charge in [-0.05, 0) is 49.9 Å². The van der Waals surface area contributed by atoms with Crippen molar-refractivity contribution < 1.29 is 0 Å². The minimum absolute atomic E-state index is 1.22. The summed E-state index contributed by atoms with van der Waals surface area (Å²) in [6.45, 7) is 11.6. The van der Waals surface area contributed by atoms with Crippen LogP contribution < -0.4 is 4.90 Å². The molecule has 0 aromatic heterocycles. The zero-order valence-corrected chi connectivity index (χ0v) is 33.6. The van der Waals surface area contributed by atoms with Crippen molar-refractivity contribution in [1.29, 1.82) is 0 Å². The molecule has 0 N–H and O–H groups in total. The van der Waals surface area contributed by atoms with Crippen LogP contribution in [0.4, 0.5) is 5.69 Å². The van der Waals surface area contributed by atoms with Crippen LogP contribution in [0.5, 0.6) is 0 Å². The first kappa shape index (κ1) is 43.5. The quantitative estimate of drug-likeness (QED) is 0.0636. The largest absolute Gasteiger partial charge is 0.372 e. The lowest BCUT2D eigenvalue weighted by atomic mass is 10.0. The van der Waals surface area contributed by atoms with Crippen molar-refractivity contribution in [3.8, 4) is 0 Å². The molecule has 0 atom stereocenters. The molecule has 0 aliphatic rings. The number of benzene rings is 1. The Balaban J connectivity index is 2.13. The maximum absolute atomic E-state index is 3.79. The van der Waals surface area contributed by atoms with Gasteiger partial charge < -0.3 is 4.90 Å². The first-order valence-electron chi connectivity index (χ1n) is 21.1. The zero-order chi connectivity index (χ0) is 33.3.